The highest BCUT2D eigenvalue weighted by Crippen LogP contribution is 2.30. The van der Waals surface area contributed by atoms with E-state index in [2.05, 4.69) is 38.3 Å². The van der Waals surface area contributed by atoms with Gasteiger partial charge in [0.2, 0.25) is 0 Å². The van der Waals surface area contributed by atoms with E-state index in [1.54, 1.807) is 0 Å². The summed E-state index contributed by atoms with van der Waals surface area (Å²) in [7, 11) is 0. The fraction of sp³-hybridized carbons (Fsp3) is 0.409. The van der Waals surface area contributed by atoms with Crippen molar-refractivity contribution < 1.29 is 22.3 Å². The average molecular weight is 463 g/mol. The Labute approximate surface area is 188 Å². The Bertz CT molecular complexity index is 1040. The van der Waals surface area contributed by atoms with Crippen molar-refractivity contribution in [1.29, 1.82) is 0 Å². The first-order valence-electron chi connectivity index (χ1n) is 10.7. The van der Waals surface area contributed by atoms with E-state index >= 15 is 0 Å². The minimum atomic E-state index is -4.71. The predicted molar refractivity (Wildman–Crippen MR) is 113 cm³/mol. The van der Waals surface area contributed by atoms with E-state index < -0.39 is 18.7 Å². The molecular formula is C22H24F4N6O. The number of ether oxygens (including phenoxy) is 1. The van der Waals surface area contributed by atoms with Gasteiger partial charge in [-0.2, -0.15) is 17.9 Å². The van der Waals surface area contributed by atoms with Gasteiger partial charge in [-0.15, -0.1) is 5.10 Å². The molecule has 11 heteroatoms. The average Bonchev–Trinajstić information content (AvgIpc) is 3.33. The number of alkyl halides is 4. The summed E-state index contributed by atoms with van der Waals surface area (Å²) >= 11 is 0. The number of halogens is 4. The fourth-order valence-corrected chi connectivity index (χ4v) is 4.02. The summed E-state index contributed by atoms with van der Waals surface area (Å²) < 4.78 is 58.6. The molecule has 7 nitrogen and oxygen atoms in total. The third-order valence-corrected chi connectivity index (χ3v) is 5.52. The van der Waals surface area contributed by atoms with Crippen molar-refractivity contribution in [3.8, 4) is 11.4 Å². The van der Waals surface area contributed by atoms with Gasteiger partial charge in [0.15, 0.2) is 0 Å². The molecule has 176 valence electrons. The number of rotatable bonds is 8. The number of piperidine rings is 1. The molecule has 1 aliphatic rings. The molecule has 33 heavy (non-hydrogen) atoms. The Balaban J connectivity index is 1.59. The van der Waals surface area contributed by atoms with Crippen LogP contribution >= 0.6 is 0 Å². The second kappa shape index (κ2) is 10.3. The van der Waals surface area contributed by atoms with Crippen LogP contribution in [0.15, 0.2) is 48.5 Å². The highest BCUT2D eigenvalue weighted by Gasteiger charge is 2.38. The van der Waals surface area contributed by atoms with E-state index in [-0.39, 0.29) is 24.4 Å². The van der Waals surface area contributed by atoms with Crippen molar-refractivity contribution in [2.45, 2.75) is 37.6 Å². The van der Waals surface area contributed by atoms with Crippen molar-refractivity contribution in [2.75, 3.05) is 19.8 Å². The van der Waals surface area contributed by atoms with Crippen LogP contribution in [0.5, 0.6) is 5.75 Å². The van der Waals surface area contributed by atoms with Crippen LogP contribution in [0.2, 0.25) is 0 Å². The molecule has 1 aromatic heterocycles. The van der Waals surface area contributed by atoms with Crippen LogP contribution in [0.4, 0.5) is 17.6 Å². The lowest BCUT2D eigenvalue weighted by Crippen LogP contribution is -2.45. The fourth-order valence-electron chi connectivity index (χ4n) is 4.02. The lowest BCUT2D eigenvalue weighted by Gasteiger charge is -2.34. The number of nitrogens with zero attached hydrogens (tertiary/aromatic N) is 4. The molecule has 4 rings (SSSR count). The number of hydrogen-bond donors (Lipinski definition) is 2. The van der Waals surface area contributed by atoms with Crippen LogP contribution in [0, 0.1) is 0 Å². The molecular weight excluding hydrogens is 439 g/mol. The Hall–Kier alpha value is -3.05. The zero-order valence-corrected chi connectivity index (χ0v) is 17.7. The molecule has 2 heterocycles. The number of benzene rings is 2. The van der Waals surface area contributed by atoms with Crippen LogP contribution in [-0.4, -0.2) is 46.1 Å². The highest BCUT2D eigenvalue weighted by molar-refractivity contribution is 5.44. The lowest BCUT2D eigenvalue weighted by molar-refractivity contribution is -0.146. The quantitative estimate of drug-likeness (QED) is 0.497. The molecule has 0 radical (unpaired) electrons. The third-order valence-electron chi connectivity index (χ3n) is 5.52. The number of aromatic nitrogens is 4. The van der Waals surface area contributed by atoms with E-state index in [0.717, 1.165) is 24.9 Å². The first-order valence-corrected chi connectivity index (χ1v) is 10.7. The molecule has 0 unspecified atom stereocenters. The summed E-state index contributed by atoms with van der Waals surface area (Å²) in [4.78, 5) is 0. The molecule has 2 aromatic carbocycles. The van der Waals surface area contributed by atoms with Crippen LogP contribution in [-0.2, 0) is 12.7 Å². The van der Waals surface area contributed by atoms with Crippen molar-refractivity contribution in [2.24, 2.45) is 0 Å². The molecule has 1 fully saturated rings. The van der Waals surface area contributed by atoms with Gasteiger partial charge >= 0.3 is 6.18 Å². The third kappa shape index (κ3) is 5.48. The van der Waals surface area contributed by atoms with Crippen molar-refractivity contribution >= 4 is 0 Å². The van der Waals surface area contributed by atoms with E-state index in [1.807, 2.05) is 18.2 Å². The van der Waals surface area contributed by atoms with Gasteiger partial charge in [-0.05, 0) is 53.6 Å². The number of tetrazole rings is 1. The largest absolute Gasteiger partial charge is 0.491 e. The number of hydrogen-bond acceptors (Lipinski definition) is 6. The minimum absolute atomic E-state index is 0.0923. The van der Waals surface area contributed by atoms with Gasteiger partial charge in [-0.3, -0.25) is 0 Å². The molecule has 1 saturated heterocycles. The molecule has 1 aliphatic heterocycles. The van der Waals surface area contributed by atoms with E-state index in [4.69, 9.17) is 4.74 Å². The number of nitrogens with one attached hydrogen (secondary N) is 2. The monoisotopic (exact) mass is 463 g/mol. The van der Waals surface area contributed by atoms with Gasteiger partial charge in [-0.25, -0.2) is 4.39 Å². The van der Waals surface area contributed by atoms with Crippen molar-refractivity contribution in [1.82, 2.24) is 30.8 Å². The van der Waals surface area contributed by atoms with Crippen LogP contribution in [0.1, 0.15) is 35.8 Å². The maximum Gasteiger partial charge on any atom is 0.453 e. The van der Waals surface area contributed by atoms with E-state index in [1.165, 1.54) is 18.2 Å². The smallest absolute Gasteiger partial charge is 0.453 e. The molecule has 2 N–H and O–H groups in total. The van der Waals surface area contributed by atoms with Crippen LogP contribution in [0.3, 0.4) is 0 Å². The second-order valence-electron chi connectivity index (χ2n) is 7.71. The Morgan fingerprint density at radius 1 is 1.15 bits per heavy atom. The minimum Gasteiger partial charge on any atom is -0.491 e. The van der Waals surface area contributed by atoms with E-state index in [0.29, 0.717) is 22.5 Å². The molecule has 0 bridgehead atoms. The van der Waals surface area contributed by atoms with Gasteiger partial charge in [0.05, 0.1) is 5.69 Å². The molecule has 0 aliphatic carbocycles. The first kappa shape index (κ1) is 23.1. The normalized spacial score (nSPS) is 18.9. The standard InChI is InChI=1S/C22H24F4N6O/c23-10-12-33-19-9-8-17(32-21(22(24,25)26)29-30-31-32)13-16(19)14-28-18-7-4-11-27-20(18)15-5-2-1-3-6-15/h1-3,5-6,8-9,13,18,20,27-28H,4,7,10-12,14H2/t18-,20-/m0/s1/i23-1. The second-order valence-corrected chi connectivity index (χ2v) is 7.71. The van der Waals surface area contributed by atoms with Crippen molar-refractivity contribution in [3.63, 3.8) is 0 Å². The summed E-state index contributed by atoms with van der Waals surface area (Å²) in [5, 5.41) is 16.8. The molecule has 2 atom stereocenters. The van der Waals surface area contributed by atoms with Gasteiger partial charge < -0.3 is 15.4 Å². The summed E-state index contributed by atoms with van der Waals surface area (Å²) in [6, 6.07) is 14.7. The Kier molecular flexibility index (Phi) is 7.19. The molecule has 3 aromatic rings. The molecule has 0 spiro atoms. The highest BCUT2D eigenvalue weighted by atomic mass is 19.4. The van der Waals surface area contributed by atoms with Crippen LogP contribution in [0.25, 0.3) is 5.69 Å². The lowest BCUT2D eigenvalue weighted by atomic mass is 9.92. The molecule has 0 amide bonds. The summed E-state index contributed by atoms with van der Waals surface area (Å²) in [6.07, 6.45) is -2.79. The topological polar surface area (TPSA) is 76.9 Å². The maximum atomic E-state index is 13.3. The van der Waals surface area contributed by atoms with Gasteiger partial charge in [0.1, 0.15) is 19.0 Å². The van der Waals surface area contributed by atoms with E-state index in [9.17, 15) is 17.6 Å². The predicted octanol–water partition coefficient (Wildman–Crippen LogP) is 3.61. The van der Waals surface area contributed by atoms with Gasteiger partial charge in [0, 0.05) is 24.2 Å². The zero-order valence-electron chi connectivity index (χ0n) is 17.7. The first-order chi connectivity index (χ1) is 16.0. The molecule has 0 saturated carbocycles. The Morgan fingerprint density at radius 2 is 1.97 bits per heavy atom. The van der Waals surface area contributed by atoms with Crippen LogP contribution < -0.4 is 15.4 Å². The zero-order chi connectivity index (χ0) is 23.3. The maximum absolute atomic E-state index is 13.3. The summed E-state index contributed by atoms with van der Waals surface area (Å²) in [6.45, 7) is 0.386. The summed E-state index contributed by atoms with van der Waals surface area (Å²) in [5.41, 5.74) is 1.88. The Morgan fingerprint density at radius 3 is 2.73 bits per heavy atom. The van der Waals surface area contributed by atoms with Gasteiger partial charge in [0.25, 0.3) is 5.82 Å². The SMILES string of the molecule is FC(F)(F)c1nnnn1-c1ccc(OCC[18F])c(CN[C@H]2CCCN[C@H]2c2ccccc2)c1. The van der Waals surface area contributed by atoms with Gasteiger partial charge in [-0.1, -0.05) is 30.3 Å². The summed E-state index contributed by atoms with van der Waals surface area (Å²) in [5.74, 6) is -0.829. The van der Waals surface area contributed by atoms with Crippen molar-refractivity contribution in [3.05, 3.63) is 65.5 Å².